The van der Waals surface area contributed by atoms with Crippen molar-refractivity contribution in [2.24, 2.45) is 0 Å². The molecule has 3 heterocycles. The van der Waals surface area contributed by atoms with Crippen molar-refractivity contribution in [3.05, 3.63) is 40.6 Å². The minimum Gasteiger partial charge on any atom is -0.275 e. The Balaban J connectivity index is 1.66. The van der Waals surface area contributed by atoms with Gasteiger partial charge in [-0.2, -0.15) is 15.0 Å². The lowest BCUT2D eigenvalue weighted by Gasteiger charge is -2.34. The molecule has 1 saturated heterocycles. The number of aryl methyl sites for hydroxylation is 1. The third kappa shape index (κ3) is 3.61. The van der Waals surface area contributed by atoms with Crippen molar-refractivity contribution in [3.63, 3.8) is 0 Å². The average Bonchev–Trinajstić information content (AvgIpc) is 3.04. The van der Waals surface area contributed by atoms with E-state index in [1.165, 1.54) is 12.0 Å². The third-order valence-corrected chi connectivity index (χ3v) is 6.10. The highest BCUT2D eigenvalue weighted by molar-refractivity contribution is 9.10. The summed E-state index contributed by atoms with van der Waals surface area (Å²) in [5, 5.41) is 0.682. The van der Waals surface area contributed by atoms with Crippen molar-refractivity contribution < 1.29 is 4.84 Å². The summed E-state index contributed by atoms with van der Waals surface area (Å²) in [6, 6.07) is 6.10. The van der Waals surface area contributed by atoms with E-state index in [9.17, 15) is 0 Å². The molecule has 0 radical (unpaired) electrons. The van der Waals surface area contributed by atoms with E-state index in [2.05, 4.69) is 43.9 Å². The van der Waals surface area contributed by atoms with E-state index in [4.69, 9.17) is 4.84 Å². The van der Waals surface area contributed by atoms with Crippen molar-refractivity contribution in [3.8, 4) is 5.19 Å². The number of piperidine rings is 1. The van der Waals surface area contributed by atoms with Crippen LogP contribution >= 0.6 is 27.3 Å². The van der Waals surface area contributed by atoms with Gasteiger partial charge in [-0.05, 0) is 36.6 Å². The van der Waals surface area contributed by atoms with Gasteiger partial charge in [0.2, 0.25) is 0 Å². The summed E-state index contributed by atoms with van der Waals surface area (Å²) in [6.07, 6.45) is 9.43. The Bertz CT molecular complexity index is 890. The van der Waals surface area contributed by atoms with Crippen molar-refractivity contribution >= 4 is 43.4 Å². The number of hydrogen-bond acceptors (Lipinski definition) is 5. The molecule has 0 aliphatic carbocycles. The number of benzene rings is 1. The molecule has 0 spiro atoms. The summed E-state index contributed by atoms with van der Waals surface area (Å²) >= 11 is 5.10. The maximum Gasteiger partial charge on any atom is 0.371 e. The Morgan fingerprint density at radius 3 is 2.65 bits per heavy atom. The van der Waals surface area contributed by atoms with Crippen LogP contribution in [0.5, 0.6) is 5.19 Å². The van der Waals surface area contributed by atoms with Gasteiger partial charge in [0.1, 0.15) is 13.1 Å². The van der Waals surface area contributed by atoms with Crippen LogP contribution in [-0.4, -0.2) is 28.0 Å². The highest BCUT2D eigenvalue weighted by atomic mass is 79.9. The van der Waals surface area contributed by atoms with Gasteiger partial charge in [-0.3, -0.25) is 4.84 Å². The molecule has 0 unspecified atom stereocenters. The van der Waals surface area contributed by atoms with E-state index >= 15 is 0 Å². The summed E-state index contributed by atoms with van der Waals surface area (Å²) in [5.74, 6) is 0.741. The second-order valence-electron chi connectivity index (χ2n) is 6.72. The molecule has 2 aromatic heterocycles. The first-order chi connectivity index (χ1) is 12.7. The molecule has 5 nitrogen and oxygen atoms in total. The van der Waals surface area contributed by atoms with E-state index < -0.39 is 0 Å². The van der Waals surface area contributed by atoms with E-state index in [1.54, 1.807) is 11.3 Å². The molecule has 0 saturated carbocycles. The lowest BCUT2D eigenvalue weighted by molar-refractivity contribution is -0.0686. The summed E-state index contributed by atoms with van der Waals surface area (Å²) in [6.45, 7) is 3.93. The van der Waals surface area contributed by atoms with Gasteiger partial charge in [0.15, 0.2) is 0 Å². The second kappa shape index (κ2) is 7.58. The number of nitrogens with zero attached hydrogens (tertiary/aromatic N) is 4. The summed E-state index contributed by atoms with van der Waals surface area (Å²) < 4.78 is 2.51. The molecule has 26 heavy (non-hydrogen) atoms. The molecule has 1 fully saturated rings. The van der Waals surface area contributed by atoms with Crippen LogP contribution in [0.1, 0.15) is 38.2 Å². The Labute approximate surface area is 165 Å². The van der Waals surface area contributed by atoms with Gasteiger partial charge in [-0.15, -0.1) is 0 Å². The van der Waals surface area contributed by atoms with Crippen LogP contribution in [0.2, 0.25) is 0 Å². The lowest BCUT2D eigenvalue weighted by Crippen LogP contribution is -2.56. The number of rotatable bonds is 5. The fourth-order valence-electron chi connectivity index (χ4n) is 3.40. The summed E-state index contributed by atoms with van der Waals surface area (Å²) in [7, 11) is 0. The smallest absolute Gasteiger partial charge is 0.275 e. The normalized spacial score (nSPS) is 16.7. The van der Waals surface area contributed by atoms with Gasteiger partial charge in [0, 0.05) is 29.7 Å². The predicted molar refractivity (Wildman–Crippen MR) is 109 cm³/mol. The van der Waals surface area contributed by atoms with Crippen molar-refractivity contribution in [1.82, 2.24) is 19.6 Å². The van der Waals surface area contributed by atoms with Gasteiger partial charge in [0.05, 0.1) is 10.2 Å². The summed E-state index contributed by atoms with van der Waals surface area (Å²) in [5.41, 5.74) is 2.14. The summed E-state index contributed by atoms with van der Waals surface area (Å²) in [4.78, 5) is 20.5. The zero-order chi connectivity index (χ0) is 18.0. The molecule has 3 aromatic rings. The van der Waals surface area contributed by atoms with Crippen LogP contribution in [0, 0.1) is 0 Å². The lowest BCUT2D eigenvalue weighted by atomic mass is 10.1. The van der Waals surface area contributed by atoms with Crippen LogP contribution < -0.4 is 9.48 Å². The zero-order valence-electron chi connectivity index (χ0n) is 14.8. The fraction of sp³-hybridized carbons (Fsp3) is 0.421. The topological polar surface area (TPSA) is 47.9 Å². The number of fused-ring (bicyclic) bond motifs is 1. The van der Waals surface area contributed by atoms with E-state index in [0.29, 0.717) is 9.84 Å². The number of aromatic nitrogens is 3. The van der Waals surface area contributed by atoms with Crippen molar-refractivity contribution in [1.29, 1.82) is 0 Å². The van der Waals surface area contributed by atoms with Crippen LogP contribution in [-0.2, 0) is 6.42 Å². The minimum atomic E-state index is 0.341. The van der Waals surface area contributed by atoms with Crippen LogP contribution in [0.15, 0.2) is 35.1 Å². The third-order valence-electron chi connectivity index (χ3n) is 4.72. The van der Waals surface area contributed by atoms with Crippen molar-refractivity contribution in [2.75, 3.05) is 13.1 Å². The van der Waals surface area contributed by atoms with Crippen LogP contribution in [0.4, 0.5) is 5.95 Å². The number of thiazole rings is 1. The molecular formula is C19H22BrN4OS+. The van der Waals surface area contributed by atoms with Crippen molar-refractivity contribution in [2.45, 2.75) is 39.0 Å². The first-order valence-corrected chi connectivity index (χ1v) is 10.7. The zero-order valence-corrected chi connectivity index (χ0v) is 17.2. The Morgan fingerprint density at radius 2 is 1.92 bits per heavy atom. The van der Waals surface area contributed by atoms with E-state index in [1.807, 2.05) is 24.5 Å². The second-order valence-corrected chi connectivity index (χ2v) is 8.63. The van der Waals surface area contributed by atoms with Gasteiger partial charge < -0.3 is 0 Å². The monoisotopic (exact) mass is 433 g/mol. The number of hydroxylamine groups is 2. The molecule has 0 bridgehead atoms. The predicted octanol–water partition coefficient (Wildman–Crippen LogP) is 5.29. The SMILES string of the molecule is CCCc1cnc([N+]2(Oc3nc4ccc(Br)cc4s3)CCCCC2)nc1. The molecule has 0 N–H and O–H groups in total. The molecule has 4 rings (SSSR count). The van der Waals surface area contributed by atoms with Gasteiger partial charge >= 0.3 is 11.1 Å². The van der Waals surface area contributed by atoms with E-state index in [-0.39, 0.29) is 0 Å². The van der Waals surface area contributed by atoms with E-state index in [0.717, 1.165) is 59.4 Å². The van der Waals surface area contributed by atoms with Gasteiger partial charge in [0.25, 0.3) is 0 Å². The Hall–Kier alpha value is -1.57. The molecule has 1 aliphatic rings. The largest absolute Gasteiger partial charge is 0.371 e. The van der Waals surface area contributed by atoms with Gasteiger partial charge in [-0.25, -0.2) is 0 Å². The fourth-order valence-corrected chi connectivity index (χ4v) is 4.83. The first kappa shape index (κ1) is 17.8. The molecule has 1 aromatic carbocycles. The van der Waals surface area contributed by atoms with Crippen LogP contribution in [0.25, 0.3) is 10.2 Å². The maximum absolute atomic E-state index is 6.46. The molecular weight excluding hydrogens is 412 g/mol. The number of quaternary nitrogens is 1. The first-order valence-electron chi connectivity index (χ1n) is 9.13. The minimum absolute atomic E-state index is 0.341. The molecule has 0 atom stereocenters. The molecule has 7 heteroatoms. The standard InChI is InChI=1S/C19H22BrN4OS/c1-2-6-14-12-21-18(22-13-14)24(9-4-3-5-10-24)25-19-23-16-8-7-15(20)11-17(16)26-19/h7-8,11-13H,2-6,9-10H2,1H3/q+1. The molecule has 1 aliphatic heterocycles. The number of halogens is 1. The maximum atomic E-state index is 6.46. The Kier molecular flexibility index (Phi) is 5.20. The van der Waals surface area contributed by atoms with Crippen LogP contribution in [0.3, 0.4) is 0 Å². The highest BCUT2D eigenvalue weighted by Gasteiger charge is 2.40. The molecule has 0 amide bonds. The molecule has 136 valence electrons. The van der Waals surface area contributed by atoms with Gasteiger partial charge in [-0.1, -0.05) is 45.3 Å². The Morgan fingerprint density at radius 1 is 1.15 bits per heavy atom. The highest BCUT2D eigenvalue weighted by Crippen LogP contribution is 2.34. The average molecular weight is 434 g/mol. The number of hydrogen-bond donors (Lipinski definition) is 0. The quantitative estimate of drug-likeness (QED) is 0.513.